The second-order valence-corrected chi connectivity index (χ2v) is 5.17. The van der Waals surface area contributed by atoms with Crippen LogP contribution in [0.1, 0.15) is 23.6 Å². The minimum absolute atomic E-state index is 0.0130. The summed E-state index contributed by atoms with van der Waals surface area (Å²) in [7, 11) is 0. The Balaban J connectivity index is 2.21. The van der Waals surface area contributed by atoms with Gasteiger partial charge in [0.15, 0.2) is 11.6 Å². The van der Waals surface area contributed by atoms with Crippen molar-refractivity contribution in [2.45, 2.75) is 18.9 Å². The van der Waals surface area contributed by atoms with Crippen LogP contribution in [-0.4, -0.2) is 0 Å². The highest BCUT2D eigenvalue weighted by molar-refractivity contribution is 6.33. The molecule has 2 aromatic carbocycles. The van der Waals surface area contributed by atoms with E-state index in [-0.39, 0.29) is 11.1 Å². The third-order valence-corrected chi connectivity index (χ3v) is 3.93. The van der Waals surface area contributed by atoms with Gasteiger partial charge < -0.3 is 5.73 Å². The molecular weight excluding hydrogens is 268 g/mol. The van der Waals surface area contributed by atoms with E-state index in [0.29, 0.717) is 5.56 Å². The first-order valence-corrected chi connectivity index (χ1v) is 6.48. The van der Waals surface area contributed by atoms with Crippen molar-refractivity contribution in [1.29, 1.82) is 0 Å². The maximum atomic E-state index is 13.4. The van der Waals surface area contributed by atoms with E-state index in [0.717, 1.165) is 41.7 Å². The van der Waals surface area contributed by atoms with E-state index in [2.05, 4.69) is 0 Å². The number of nitrogens with two attached hydrogens (primary N) is 1. The Hall–Kier alpha value is -1.45. The summed E-state index contributed by atoms with van der Waals surface area (Å²) < 4.78 is 26.5. The topological polar surface area (TPSA) is 26.0 Å². The number of rotatable bonds is 1. The molecule has 0 saturated heterocycles. The average molecular weight is 280 g/mol. The molecule has 1 aliphatic carbocycles. The molecule has 1 atom stereocenters. The second kappa shape index (κ2) is 4.58. The molecule has 0 aromatic heterocycles. The maximum absolute atomic E-state index is 13.4. The molecule has 0 bridgehead atoms. The van der Waals surface area contributed by atoms with Crippen LogP contribution in [0.3, 0.4) is 0 Å². The minimum Gasteiger partial charge on any atom is -0.324 e. The van der Waals surface area contributed by atoms with Crippen LogP contribution in [0.2, 0.25) is 5.02 Å². The zero-order chi connectivity index (χ0) is 13.6. The number of hydrogen-bond acceptors (Lipinski definition) is 1. The Labute approximate surface area is 115 Å². The van der Waals surface area contributed by atoms with Gasteiger partial charge >= 0.3 is 0 Å². The molecule has 0 saturated carbocycles. The van der Waals surface area contributed by atoms with Crippen molar-refractivity contribution in [2.24, 2.45) is 5.73 Å². The first kappa shape index (κ1) is 12.6. The molecule has 1 unspecified atom stereocenters. The molecule has 0 aliphatic heterocycles. The average Bonchev–Trinajstić information content (AvgIpc) is 2.76. The summed E-state index contributed by atoms with van der Waals surface area (Å²) in [6.07, 6.45) is 1.70. The monoisotopic (exact) mass is 279 g/mol. The Morgan fingerprint density at radius 3 is 2.63 bits per heavy atom. The van der Waals surface area contributed by atoms with Crippen LogP contribution >= 0.6 is 11.6 Å². The fourth-order valence-corrected chi connectivity index (χ4v) is 2.92. The predicted octanol–water partition coefficient (Wildman–Crippen LogP) is 4.23. The maximum Gasteiger partial charge on any atom is 0.160 e. The molecule has 0 radical (unpaired) electrons. The lowest BCUT2D eigenvalue weighted by atomic mass is 9.96. The Morgan fingerprint density at radius 2 is 1.84 bits per heavy atom. The first-order valence-electron chi connectivity index (χ1n) is 6.10. The smallest absolute Gasteiger partial charge is 0.160 e. The second-order valence-electron chi connectivity index (χ2n) is 4.76. The summed E-state index contributed by atoms with van der Waals surface area (Å²) in [4.78, 5) is 0. The fraction of sp³-hybridized carbons (Fsp3) is 0.200. The van der Waals surface area contributed by atoms with E-state index in [1.165, 1.54) is 0 Å². The van der Waals surface area contributed by atoms with Gasteiger partial charge in [-0.25, -0.2) is 8.78 Å². The van der Waals surface area contributed by atoms with E-state index >= 15 is 0 Å². The normalized spacial score (nSPS) is 17.6. The largest absolute Gasteiger partial charge is 0.324 e. The highest BCUT2D eigenvalue weighted by atomic mass is 35.5. The highest BCUT2D eigenvalue weighted by Gasteiger charge is 2.23. The molecule has 19 heavy (non-hydrogen) atoms. The van der Waals surface area contributed by atoms with Crippen molar-refractivity contribution in [2.75, 3.05) is 0 Å². The fourth-order valence-electron chi connectivity index (χ4n) is 2.67. The Bertz CT molecular complexity index is 655. The standard InChI is InChI=1S/C15H12ClF2N/c16-12-7-14(18)13(17)6-11(12)8-2-1-3-10-9(8)4-5-15(10)19/h1-3,6-7,15H,4-5,19H2. The molecule has 0 amide bonds. The highest BCUT2D eigenvalue weighted by Crippen LogP contribution is 2.39. The first-order chi connectivity index (χ1) is 9.08. The lowest BCUT2D eigenvalue weighted by molar-refractivity contribution is 0.509. The molecule has 0 heterocycles. The summed E-state index contributed by atoms with van der Waals surface area (Å²) in [5.74, 6) is -1.82. The van der Waals surface area contributed by atoms with Crippen molar-refractivity contribution in [3.8, 4) is 11.1 Å². The third-order valence-electron chi connectivity index (χ3n) is 3.62. The SMILES string of the molecule is NC1CCc2c(-c3cc(F)c(F)cc3Cl)cccc21. The molecule has 0 spiro atoms. The van der Waals surface area contributed by atoms with E-state index in [9.17, 15) is 8.78 Å². The van der Waals surface area contributed by atoms with Crippen molar-refractivity contribution in [3.63, 3.8) is 0 Å². The summed E-state index contributed by atoms with van der Waals surface area (Å²) in [5.41, 5.74) is 9.53. The van der Waals surface area contributed by atoms with Gasteiger partial charge in [0.25, 0.3) is 0 Å². The number of benzene rings is 2. The third kappa shape index (κ3) is 2.03. The number of hydrogen-bond donors (Lipinski definition) is 1. The molecule has 1 nitrogen and oxygen atoms in total. The summed E-state index contributed by atoms with van der Waals surface area (Å²) in [5, 5.41) is 0.216. The van der Waals surface area contributed by atoms with E-state index in [1.54, 1.807) is 0 Å². The van der Waals surface area contributed by atoms with Gasteiger partial charge in [0.1, 0.15) is 0 Å². The van der Waals surface area contributed by atoms with Crippen LogP contribution in [-0.2, 0) is 6.42 Å². The van der Waals surface area contributed by atoms with Crippen LogP contribution in [0.4, 0.5) is 8.78 Å². The van der Waals surface area contributed by atoms with E-state index < -0.39 is 11.6 Å². The molecule has 3 rings (SSSR count). The van der Waals surface area contributed by atoms with Gasteiger partial charge in [-0.15, -0.1) is 0 Å². The lowest BCUT2D eigenvalue weighted by Gasteiger charge is -2.12. The molecule has 1 aliphatic rings. The van der Waals surface area contributed by atoms with Crippen LogP contribution in [0.15, 0.2) is 30.3 Å². The van der Waals surface area contributed by atoms with Crippen LogP contribution < -0.4 is 5.73 Å². The number of fused-ring (bicyclic) bond motifs is 1. The Kier molecular flexibility index (Phi) is 3.03. The molecule has 4 heteroatoms. The van der Waals surface area contributed by atoms with Crippen LogP contribution in [0.5, 0.6) is 0 Å². The van der Waals surface area contributed by atoms with Crippen LogP contribution in [0.25, 0.3) is 11.1 Å². The predicted molar refractivity (Wildman–Crippen MR) is 72.1 cm³/mol. The van der Waals surface area contributed by atoms with Gasteiger partial charge in [-0.05, 0) is 41.7 Å². The van der Waals surface area contributed by atoms with Crippen molar-refractivity contribution in [3.05, 3.63) is 58.1 Å². The van der Waals surface area contributed by atoms with Gasteiger partial charge in [-0.1, -0.05) is 29.8 Å². The molecule has 2 aromatic rings. The van der Waals surface area contributed by atoms with Crippen molar-refractivity contribution >= 4 is 11.6 Å². The molecule has 0 fully saturated rings. The zero-order valence-corrected chi connectivity index (χ0v) is 10.8. The van der Waals surface area contributed by atoms with Gasteiger partial charge in [0, 0.05) is 11.6 Å². The molecule has 2 N–H and O–H groups in total. The summed E-state index contributed by atoms with van der Waals surface area (Å²) in [6, 6.07) is 7.90. The zero-order valence-electron chi connectivity index (χ0n) is 10.1. The summed E-state index contributed by atoms with van der Waals surface area (Å²) >= 11 is 6.04. The van der Waals surface area contributed by atoms with E-state index in [1.807, 2.05) is 18.2 Å². The Morgan fingerprint density at radius 1 is 1.11 bits per heavy atom. The van der Waals surface area contributed by atoms with E-state index in [4.69, 9.17) is 17.3 Å². The van der Waals surface area contributed by atoms with Gasteiger partial charge in [-0.3, -0.25) is 0 Å². The van der Waals surface area contributed by atoms with Gasteiger partial charge in [0.2, 0.25) is 0 Å². The molecular formula is C15H12ClF2N. The van der Waals surface area contributed by atoms with Gasteiger partial charge in [-0.2, -0.15) is 0 Å². The quantitative estimate of drug-likeness (QED) is 0.777. The summed E-state index contributed by atoms with van der Waals surface area (Å²) in [6.45, 7) is 0. The van der Waals surface area contributed by atoms with Crippen molar-refractivity contribution in [1.82, 2.24) is 0 Å². The number of halogens is 3. The van der Waals surface area contributed by atoms with Crippen molar-refractivity contribution < 1.29 is 8.78 Å². The molecule has 98 valence electrons. The lowest BCUT2D eigenvalue weighted by Crippen LogP contribution is -2.05. The minimum atomic E-state index is -0.932. The van der Waals surface area contributed by atoms with Crippen LogP contribution in [0, 0.1) is 11.6 Å². The van der Waals surface area contributed by atoms with Gasteiger partial charge in [0.05, 0.1) is 5.02 Å².